The van der Waals surface area contributed by atoms with E-state index in [2.05, 4.69) is 15.0 Å². The summed E-state index contributed by atoms with van der Waals surface area (Å²) in [6.07, 6.45) is 3.87. The van der Waals surface area contributed by atoms with E-state index in [0.29, 0.717) is 6.07 Å². The SMILES string of the molecule is Nc1ncc(-c2cc(S(=O)(=O)N3CCOCC3)c(F)cc2F)nc1C(=O)c1cccnc1. The maximum absolute atomic E-state index is 14.6. The van der Waals surface area contributed by atoms with Crippen LogP contribution in [0.2, 0.25) is 0 Å². The van der Waals surface area contributed by atoms with Gasteiger partial charge in [0.2, 0.25) is 15.8 Å². The smallest absolute Gasteiger partial charge is 0.246 e. The van der Waals surface area contributed by atoms with Crippen LogP contribution >= 0.6 is 0 Å². The lowest BCUT2D eigenvalue weighted by atomic mass is 10.1. The molecule has 1 aliphatic heterocycles. The molecule has 0 unspecified atom stereocenters. The van der Waals surface area contributed by atoms with Crippen LogP contribution in [-0.2, 0) is 14.8 Å². The average Bonchev–Trinajstić information content (AvgIpc) is 2.80. The van der Waals surface area contributed by atoms with Gasteiger partial charge in [-0.3, -0.25) is 9.78 Å². The molecule has 0 bridgehead atoms. The van der Waals surface area contributed by atoms with Gasteiger partial charge in [-0.1, -0.05) is 0 Å². The van der Waals surface area contributed by atoms with Crippen molar-refractivity contribution in [2.45, 2.75) is 4.90 Å². The number of nitrogens with zero attached hydrogens (tertiary/aromatic N) is 4. The molecular weight excluding hydrogens is 444 g/mol. The van der Waals surface area contributed by atoms with Crippen molar-refractivity contribution in [2.24, 2.45) is 0 Å². The third kappa shape index (κ3) is 4.07. The van der Waals surface area contributed by atoms with E-state index in [1.165, 1.54) is 18.5 Å². The monoisotopic (exact) mass is 461 g/mol. The number of carbonyl (C=O) groups excluding carboxylic acids is 1. The lowest BCUT2D eigenvalue weighted by Gasteiger charge is -2.26. The standard InChI is InChI=1S/C20H17F2N5O4S/c21-14-9-15(22)17(32(29,30)27-4-6-31-7-5-27)8-13(14)16-11-25-20(23)18(26-16)19(28)12-2-1-3-24-10-12/h1-3,8-11H,4-7H2,(H2,23,25). The van der Waals surface area contributed by atoms with E-state index in [0.717, 1.165) is 16.6 Å². The lowest BCUT2D eigenvalue weighted by Crippen LogP contribution is -2.40. The molecule has 0 saturated carbocycles. The third-order valence-corrected chi connectivity index (χ3v) is 6.74. The first-order valence-corrected chi connectivity index (χ1v) is 10.9. The number of hydrogen-bond donors (Lipinski definition) is 1. The molecule has 32 heavy (non-hydrogen) atoms. The fourth-order valence-corrected chi connectivity index (χ4v) is 4.66. The molecule has 12 heteroatoms. The quantitative estimate of drug-likeness (QED) is 0.568. The number of halogens is 2. The fourth-order valence-electron chi connectivity index (χ4n) is 3.18. The Labute approximate surface area is 181 Å². The molecule has 0 aliphatic carbocycles. The Hall–Kier alpha value is -3.35. The summed E-state index contributed by atoms with van der Waals surface area (Å²) in [5.41, 5.74) is 5.18. The number of nitrogen functional groups attached to an aromatic ring is 1. The lowest BCUT2D eigenvalue weighted by molar-refractivity contribution is 0.0729. The summed E-state index contributed by atoms with van der Waals surface area (Å²) in [5.74, 6) is -3.12. The van der Waals surface area contributed by atoms with E-state index in [1.807, 2.05) is 0 Å². The number of carbonyl (C=O) groups is 1. The van der Waals surface area contributed by atoms with E-state index < -0.39 is 32.3 Å². The van der Waals surface area contributed by atoms with Crippen molar-refractivity contribution in [3.8, 4) is 11.3 Å². The predicted octanol–water partition coefficient (Wildman–Crippen LogP) is 1.65. The zero-order chi connectivity index (χ0) is 22.9. The molecule has 3 heterocycles. The van der Waals surface area contributed by atoms with Crippen molar-refractivity contribution < 1.29 is 26.7 Å². The first-order valence-electron chi connectivity index (χ1n) is 9.43. The van der Waals surface area contributed by atoms with Gasteiger partial charge in [-0.15, -0.1) is 0 Å². The highest BCUT2D eigenvalue weighted by atomic mass is 32.2. The van der Waals surface area contributed by atoms with Crippen LogP contribution in [0.15, 0.2) is 47.8 Å². The molecule has 1 aromatic carbocycles. The first kappa shape index (κ1) is 21.9. The molecule has 0 spiro atoms. The van der Waals surface area contributed by atoms with Crippen LogP contribution in [0.25, 0.3) is 11.3 Å². The minimum Gasteiger partial charge on any atom is -0.382 e. The maximum Gasteiger partial charge on any atom is 0.246 e. The number of pyridine rings is 1. The van der Waals surface area contributed by atoms with Gasteiger partial charge in [-0.25, -0.2) is 27.2 Å². The molecule has 1 aliphatic rings. The molecule has 2 aromatic heterocycles. The Morgan fingerprint density at radius 3 is 2.56 bits per heavy atom. The number of anilines is 1. The number of rotatable bonds is 5. The molecule has 4 rings (SSSR count). The Bertz CT molecular complexity index is 1280. The first-order chi connectivity index (χ1) is 15.3. The average molecular weight is 461 g/mol. The summed E-state index contributed by atoms with van der Waals surface area (Å²) < 4.78 is 61.1. The molecule has 0 atom stereocenters. The van der Waals surface area contributed by atoms with Crippen molar-refractivity contribution in [1.29, 1.82) is 0 Å². The predicted molar refractivity (Wildman–Crippen MR) is 109 cm³/mol. The van der Waals surface area contributed by atoms with Crippen molar-refractivity contribution in [2.75, 3.05) is 32.0 Å². The number of ether oxygens (including phenoxy) is 1. The molecule has 0 amide bonds. The largest absolute Gasteiger partial charge is 0.382 e. The van der Waals surface area contributed by atoms with Crippen LogP contribution < -0.4 is 5.73 Å². The molecular formula is C20H17F2N5O4S. The summed E-state index contributed by atoms with van der Waals surface area (Å²) in [6.45, 7) is 0.413. The molecule has 1 fully saturated rings. The van der Waals surface area contributed by atoms with Crippen LogP contribution in [0.5, 0.6) is 0 Å². The van der Waals surface area contributed by atoms with Gasteiger partial charge >= 0.3 is 0 Å². The minimum absolute atomic E-state index is 0.0416. The van der Waals surface area contributed by atoms with Gasteiger partial charge in [-0.05, 0) is 18.2 Å². The van der Waals surface area contributed by atoms with Crippen molar-refractivity contribution >= 4 is 21.6 Å². The highest BCUT2D eigenvalue weighted by Crippen LogP contribution is 2.29. The van der Waals surface area contributed by atoms with E-state index in [9.17, 15) is 22.0 Å². The zero-order valence-corrected chi connectivity index (χ0v) is 17.3. The van der Waals surface area contributed by atoms with Crippen LogP contribution in [0, 0.1) is 11.6 Å². The van der Waals surface area contributed by atoms with E-state index in [-0.39, 0.29) is 54.6 Å². The highest BCUT2D eigenvalue weighted by molar-refractivity contribution is 7.89. The Morgan fingerprint density at radius 2 is 1.88 bits per heavy atom. The summed E-state index contributed by atoms with van der Waals surface area (Å²) >= 11 is 0. The normalized spacial score (nSPS) is 14.9. The van der Waals surface area contributed by atoms with Crippen LogP contribution in [-0.4, -0.2) is 59.8 Å². The second kappa shape index (κ2) is 8.65. The van der Waals surface area contributed by atoms with Crippen molar-refractivity contribution in [1.82, 2.24) is 19.3 Å². The molecule has 166 valence electrons. The van der Waals surface area contributed by atoms with Crippen LogP contribution in [0.4, 0.5) is 14.6 Å². The Balaban J connectivity index is 1.79. The van der Waals surface area contributed by atoms with Crippen LogP contribution in [0.1, 0.15) is 16.1 Å². The van der Waals surface area contributed by atoms with Gasteiger partial charge in [0.05, 0.1) is 25.1 Å². The fraction of sp³-hybridized carbons (Fsp3) is 0.200. The summed E-state index contributed by atoms with van der Waals surface area (Å²) in [7, 11) is -4.25. The second-order valence-electron chi connectivity index (χ2n) is 6.84. The summed E-state index contributed by atoms with van der Waals surface area (Å²) in [5, 5.41) is 0. The minimum atomic E-state index is -4.25. The van der Waals surface area contributed by atoms with E-state index in [1.54, 1.807) is 6.07 Å². The van der Waals surface area contributed by atoms with Gasteiger partial charge in [0.25, 0.3) is 0 Å². The second-order valence-corrected chi connectivity index (χ2v) is 8.75. The zero-order valence-electron chi connectivity index (χ0n) is 16.5. The summed E-state index contributed by atoms with van der Waals surface area (Å²) in [4.78, 5) is 23.8. The maximum atomic E-state index is 14.6. The van der Waals surface area contributed by atoms with Gasteiger partial charge in [0.1, 0.15) is 16.5 Å². The number of aromatic nitrogens is 3. The number of sulfonamides is 1. The van der Waals surface area contributed by atoms with Gasteiger partial charge in [-0.2, -0.15) is 4.31 Å². The molecule has 9 nitrogen and oxygen atoms in total. The molecule has 2 N–H and O–H groups in total. The molecule has 1 saturated heterocycles. The Morgan fingerprint density at radius 1 is 1.12 bits per heavy atom. The van der Waals surface area contributed by atoms with Crippen molar-refractivity contribution in [3.05, 3.63) is 65.7 Å². The van der Waals surface area contributed by atoms with E-state index in [4.69, 9.17) is 10.5 Å². The number of nitrogens with two attached hydrogens (primary N) is 1. The molecule has 0 radical (unpaired) electrons. The third-order valence-electron chi connectivity index (χ3n) is 4.82. The van der Waals surface area contributed by atoms with Crippen LogP contribution in [0.3, 0.4) is 0 Å². The highest BCUT2D eigenvalue weighted by Gasteiger charge is 2.31. The topological polar surface area (TPSA) is 128 Å². The summed E-state index contributed by atoms with van der Waals surface area (Å²) in [6, 6.07) is 4.34. The molecule has 3 aromatic rings. The van der Waals surface area contributed by atoms with Crippen molar-refractivity contribution in [3.63, 3.8) is 0 Å². The number of benzene rings is 1. The van der Waals surface area contributed by atoms with E-state index >= 15 is 0 Å². The number of hydrogen-bond acceptors (Lipinski definition) is 8. The van der Waals surface area contributed by atoms with Gasteiger partial charge in [0.15, 0.2) is 11.5 Å². The van der Waals surface area contributed by atoms with Gasteiger partial charge < -0.3 is 10.5 Å². The van der Waals surface area contributed by atoms with Gasteiger partial charge in [0, 0.05) is 42.7 Å². The number of ketones is 1. The number of morpholine rings is 1. The Kier molecular flexibility index (Phi) is 5.91.